The van der Waals surface area contributed by atoms with Gasteiger partial charge in [0.2, 0.25) is 5.91 Å². The zero-order valence-corrected chi connectivity index (χ0v) is 19.0. The first kappa shape index (κ1) is 25.4. The Hall–Kier alpha value is -1.67. The van der Waals surface area contributed by atoms with Crippen molar-refractivity contribution in [3.63, 3.8) is 0 Å². The second kappa shape index (κ2) is 12.1. The smallest absolute Gasteiger partial charge is 0.236 e. The summed E-state index contributed by atoms with van der Waals surface area (Å²) in [5, 5.41) is 12.0. The summed E-state index contributed by atoms with van der Waals surface area (Å²) in [6.07, 6.45) is 2.06. The first-order valence-corrected chi connectivity index (χ1v) is 9.60. The molecule has 1 N–H and O–H groups in total. The maximum Gasteiger partial charge on any atom is 0.236 e. The monoisotopic (exact) mass is 442 g/mol. The third-order valence-electron chi connectivity index (χ3n) is 5.04. The first-order chi connectivity index (χ1) is 13.0. The fraction of sp³-hybridized carbons (Fsp3) is 0.550. The molecule has 1 amide bonds. The maximum atomic E-state index is 12.6. The number of hydrogen-bond donors (Lipinski definition) is 1. The van der Waals surface area contributed by atoms with E-state index in [0.29, 0.717) is 13.1 Å². The van der Waals surface area contributed by atoms with Crippen molar-refractivity contribution in [2.75, 3.05) is 33.7 Å². The van der Waals surface area contributed by atoms with Crippen molar-refractivity contribution in [3.05, 3.63) is 47.5 Å². The number of halogens is 2. The summed E-state index contributed by atoms with van der Waals surface area (Å²) in [6.45, 7) is 3.39. The van der Waals surface area contributed by atoms with Gasteiger partial charge in [-0.25, -0.2) is 0 Å². The highest BCUT2D eigenvalue weighted by Gasteiger charge is 2.28. The van der Waals surface area contributed by atoms with Crippen molar-refractivity contribution < 1.29 is 4.79 Å². The van der Waals surface area contributed by atoms with E-state index in [1.165, 1.54) is 5.56 Å². The minimum atomic E-state index is 0. The van der Waals surface area contributed by atoms with E-state index in [4.69, 9.17) is 0 Å². The summed E-state index contributed by atoms with van der Waals surface area (Å²) in [4.78, 5) is 16.7. The number of hydrogen-bond acceptors (Lipinski definition) is 5. The highest BCUT2D eigenvalue weighted by molar-refractivity contribution is 5.85. The van der Waals surface area contributed by atoms with Crippen LogP contribution in [-0.2, 0) is 24.9 Å². The molecule has 0 saturated carbocycles. The number of nitrogens with one attached hydrogen (secondary N) is 1. The van der Waals surface area contributed by atoms with E-state index in [2.05, 4.69) is 37.1 Å². The summed E-state index contributed by atoms with van der Waals surface area (Å²) in [5.74, 6) is 2.36. The normalized spacial score (nSPS) is 16.3. The Morgan fingerprint density at radius 2 is 1.93 bits per heavy atom. The summed E-state index contributed by atoms with van der Waals surface area (Å²) in [7, 11) is 6.08. The van der Waals surface area contributed by atoms with Gasteiger partial charge in [0.1, 0.15) is 11.6 Å². The molecule has 162 valence electrons. The molecule has 1 saturated heterocycles. The molecule has 0 bridgehead atoms. The molecule has 1 unspecified atom stereocenters. The summed E-state index contributed by atoms with van der Waals surface area (Å²) in [5.41, 5.74) is 1.19. The number of carbonyl (C=O) groups excluding carboxylic acids is 1. The van der Waals surface area contributed by atoms with Crippen LogP contribution < -0.4 is 5.32 Å². The predicted octanol–water partition coefficient (Wildman–Crippen LogP) is 2.22. The van der Waals surface area contributed by atoms with Gasteiger partial charge in [-0.1, -0.05) is 30.3 Å². The molecule has 1 aromatic carbocycles. The molecule has 0 spiro atoms. The van der Waals surface area contributed by atoms with Gasteiger partial charge in [-0.2, -0.15) is 0 Å². The largest absolute Gasteiger partial charge is 0.341 e. The lowest BCUT2D eigenvalue weighted by molar-refractivity contribution is -0.131. The Bertz CT molecular complexity index is 753. The van der Waals surface area contributed by atoms with Gasteiger partial charge in [0.05, 0.1) is 13.1 Å². The number of piperidine rings is 1. The number of nitrogens with zero attached hydrogens (tertiary/aromatic N) is 5. The first-order valence-electron chi connectivity index (χ1n) is 9.60. The second-order valence-corrected chi connectivity index (χ2v) is 7.54. The summed E-state index contributed by atoms with van der Waals surface area (Å²) < 4.78 is 2.09. The fourth-order valence-corrected chi connectivity index (χ4v) is 3.59. The number of benzene rings is 1. The van der Waals surface area contributed by atoms with Gasteiger partial charge < -0.3 is 19.7 Å². The van der Waals surface area contributed by atoms with E-state index in [-0.39, 0.29) is 36.6 Å². The van der Waals surface area contributed by atoms with Crippen LogP contribution in [0.5, 0.6) is 0 Å². The number of aromatic nitrogens is 3. The average Bonchev–Trinajstić information content (AvgIpc) is 3.02. The van der Waals surface area contributed by atoms with Crippen LogP contribution >= 0.6 is 24.8 Å². The highest BCUT2D eigenvalue weighted by atomic mass is 35.5. The van der Waals surface area contributed by atoms with Crippen LogP contribution in [0.25, 0.3) is 0 Å². The van der Waals surface area contributed by atoms with E-state index in [1.54, 1.807) is 0 Å². The van der Waals surface area contributed by atoms with Crippen LogP contribution in [0.1, 0.15) is 36.0 Å². The third-order valence-corrected chi connectivity index (χ3v) is 5.04. The van der Waals surface area contributed by atoms with E-state index < -0.39 is 0 Å². The zero-order valence-electron chi connectivity index (χ0n) is 17.4. The predicted molar refractivity (Wildman–Crippen MR) is 120 cm³/mol. The quantitative estimate of drug-likeness (QED) is 0.711. The Kier molecular flexibility index (Phi) is 10.6. The van der Waals surface area contributed by atoms with E-state index >= 15 is 0 Å². The van der Waals surface area contributed by atoms with Crippen LogP contribution in [0.2, 0.25) is 0 Å². The van der Waals surface area contributed by atoms with E-state index in [1.807, 2.05) is 44.2 Å². The van der Waals surface area contributed by atoms with Crippen molar-refractivity contribution in [3.8, 4) is 0 Å². The summed E-state index contributed by atoms with van der Waals surface area (Å²) >= 11 is 0. The molecule has 3 rings (SSSR count). The molecule has 2 aromatic rings. The average molecular weight is 443 g/mol. The minimum Gasteiger partial charge on any atom is -0.341 e. The van der Waals surface area contributed by atoms with Crippen molar-refractivity contribution >= 4 is 30.7 Å². The molecule has 9 heteroatoms. The molecule has 0 aliphatic carbocycles. The van der Waals surface area contributed by atoms with Crippen LogP contribution in [0.3, 0.4) is 0 Å². The number of rotatable bonds is 7. The fourth-order valence-electron chi connectivity index (χ4n) is 3.59. The van der Waals surface area contributed by atoms with Crippen LogP contribution in [0.15, 0.2) is 30.3 Å². The molecule has 29 heavy (non-hydrogen) atoms. The Morgan fingerprint density at radius 1 is 1.21 bits per heavy atom. The lowest BCUT2D eigenvalue weighted by atomic mass is 9.97. The standard InChI is InChI=1S/C20H30N6O.2ClH/c1-24(2)15-18-22-23-20(25(18)3)17-10-7-11-26(14-17)19(27)13-21-12-16-8-5-4-6-9-16;;/h4-6,8-9,17,21H,7,10-15H2,1-3H3;2*1H. The zero-order chi connectivity index (χ0) is 19.2. The Balaban J connectivity index is 0.00000210. The van der Waals surface area contributed by atoms with Crippen molar-refractivity contribution in [1.82, 2.24) is 29.9 Å². The van der Waals surface area contributed by atoms with Gasteiger partial charge in [0.25, 0.3) is 0 Å². The number of likely N-dealkylation sites (tertiary alicyclic amines) is 1. The third kappa shape index (κ3) is 6.96. The van der Waals surface area contributed by atoms with Gasteiger partial charge >= 0.3 is 0 Å². The highest BCUT2D eigenvalue weighted by Crippen LogP contribution is 2.25. The van der Waals surface area contributed by atoms with Crippen molar-refractivity contribution in [2.24, 2.45) is 7.05 Å². The maximum absolute atomic E-state index is 12.6. The SMILES string of the molecule is CN(C)Cc1nnc(C2CCCN(C(=O)CNCc3ccccc3)C2)n1C.Cl.Cl. The van der Waals surface area contributed by atoms with Gasteiger partial charge in [-0.05, 0) is 32.5 Å². The minimum absolute atomic E-state index is 0. The van der Waals surface area contributed by atoms with Crippen LogP contribution in [0.4, 0.5) is 0 Å². The lowest BCUT2D eigenvalue weighted by Gasteiger charge is -2.32. The van der Waals surface area contributed by atoms with Crippen LogP contribution in [0, 0.1) is 0 Å². The van der Waals surface area contributed by atoms with Gasteiger partial charge in [-0.15, -0.1) is 35.0 Å². The van der Waals surface area contributed by atoms with Crippen molar-refractivity contribution in [1.29, 1.82) is 0 Å². The molecular formula is C20H32Cl2N6O. The van der Waals surface area contributed by atoms with Gasteiger partial charge in [0.15, 0.2) is 0 Å². The molecule has 7 nitrogen and oxygen atoms in total. The van der Waals surface area contributed by atoms with Gasteiger partial charge in [0, 0.05) is 32.6 Å². The topological polar surface area (TPSA) is 66.3 Å². The molecule has 1 atom stereocenters. The van der Waals surface area contributed by atoms with E-state index in [9.17, 15) is 4.79 Å². The molecule has 1 aliphatic heterocycles. The Morgan fingerprint density at radius 3 is 2.62 bits per heavy atom. The van der Waals surface area contributed by atoms with E-state index in [0.717, 1.165) is 44.1 Å². The Labute approximate surface area is 185 Å². The molecule has 2 heterocycles. The van der Waals surface area contributed by atoms with Crippen molar-refractivity contribution in [2.45, 2.75) is 31.8 Å². The lowest BCUT2D eigenvalue weighted by Crippen LogP contribution is -2.43. The molecule has 1 aliphatic rings. The van der Waals surface area contributed by atoms with Crippen LogP contribution in [-0.4, -0.2) is 64.2 Å². The molecule has 1 aromatic heterocycles. The van der Waals surface area contributed by atoms with Gasteiger partial charge in [-0.3, -0.25) is 4.79 Å². The number of amides is 1. The second-order valence-electron chi connectivity index (χ2n) is 7.54. The molecular weight excluding hydrogens is 411 g/mol. The molecule has 1 fully saturated rings. The summed E-state index contributed by atoms with van der Waals surface area (Å²) in [6, 6.07) is 10.2. The number of carbonyl (C=O) groups is 1. The molecule has 0 radical (unpaired) electrons.